The number of aromatic nitrogens is 2. The second kappa shape index (κ2) is 14.6. The first kappa shape index (κ1) is 30.8. The number of aliphatic hydroxyl groups excluding tert-OH is 1. The molecule has 2 aromatic carbocycles. The average Bonchev–Trinajstić information content (AvgIpc) is 2.87. The number of carbonyl (C=O) groups is 2. The fraction of sp³-hybridized carbons (Fsp3) is 0.400. The number of amides is 2. The van der Waals surface area contributed by atoms with Gasteiger partial charge in [0.1, 0.15) is 11.6 Å². The maximum Gasteiger partial charge on any atom is 0.229 e. The van der Waals surface area contributed by atoms with Crippen LogP contribution in [0.15, 0.2) is 48.5 Å². The second-order valence-electron chi connectivity index (χ2n) is 10.0. The molecule has 0 saturated carbocycles. The standard InChI is InChI=1S/C30H37F2N5O3/c1-4-21-7-5-8-22(12-21)17-37(18-27(38)26(33)15-23-13-24(31)16-25(32)14-23)29(40)10-6-9-28(39)36-30-34-19(2)11-20(3)35-30/h5,7-8,11-14,16,26-27,38H,4,6,9-10,15,17-18,33H2,1-3H3,(H,34,35,36,39). The van der Waals surface area contributed by atoms with Crippen molar-refractivity contribution in [2.75, 3.05) is 11.9 Å². The van der Waals surface area contributed by atoms with Crippen molar-refractivity contribution in [3.63, 3.8) is 0 Å². The summed E-state index contributed by atoms with van der Waals surface area (Å²) in [5.74, 6) is -1.78. The lowest BCUT2D eigenvalue weighted by molar-refractivity contribution is -0.133. The topological polar surface area (TPSA) is 121 Å². The van der Waals surface area contributed by atoms with Crippen LogP contribution in [0.1, 0.15) is 54.3 Å². The zero-order chi connectivity index (χ0) is 29.2. The van der Waals surface area contributed by atoms with Crippen LogP contribution < -0.4 is 11.1 Å². The maximum absolute atomic E-state index is 13.6. The monoisotopic (exact) mass is 553 g/mol. The third-order valence-electron chi connectivity index (χ3n) is 6.45. The maximum atomic E-state index is 13.6. The highest BCUT2D eigenvalue weighted by Gasteiger charge is 2.23. The molecule has 2 unspecified atom stereocenters. The number of anilines is 1. The minimum absolute atomic E-state index is 0.0316. The molecule has 2 amide bonds. The van der Waals surface area contributed by atoms with Gasteiger partial charge in [-0.05, 0) is 68.0 Å². The van der Waals surface area contributed by atoms with E-state index in [-0.39, 0.29) is 56.5 Å². The summed E-state index contributed by atoms with van der Waals surface area (Å²) in [6, 6.07) is 11.9. The molecular formula is C30H37F2N5O3. The number of nitrogens with zero attached hydrogens (tertiary/aromatic N) is 3. The van der Waals surface area contributed by atoms with Crippen molar-refractivity contribution in [2.24, 2.45) is 5.73 Å². The summed E-state index contributed by atoms with van der Waals surface area (Å²) in [6.07, 6.45) is 0.170. The molecule has 0 aliphatic carbocycles. The van der Waals surface area contributed by atoms with Gasteiger partial charge in [0.2, 0.25) is 17.8 Å². The van der Waals surface area contributed by atoms with Gasteiger partial charge >= 0.3 is 0 Å². The number of rotatable bonds is 13. The van der Waals surface area contributed by atoms with E-state index in [0.29, 0.717) is 5.56 Å². The van der Waals surface area contributed by atoms with Crippen LogP contribution >= 0.6 is 0 Å². The molecule has 3 rings (SSSR count). The van der Waals surface area contributed by atoms with Crippen molar-refractivity contribution in [3.05, 3.63) is 88.2 Å². The van der Waals surface area contributed by atoms with Crippen LogP contribution in [-0.4, -0.2) is 50.5 Å². The van der Waals surface area contributed by atoms with Crippen LogP contribution in [0.2, 0.25) is 0 Å². The molecular weight excluding hydrogens is 516 g/mol. The summed E-state index contributed by atoms with van der Waals surface area (Å²) >= 11 is 0. The van der Waals surface area contributed by atoms with E-state index < -0.39 is 23.8 Å². The first-order valence-corrected chi connectivity index (χ1v) is 13.4. The Morgan fingerprint density at radius 2 is 1.62 bits per heavy atom. The molecule has 1 heterocycles. The Balaban J connectivity index is 1.63. The van der Waals surface area contributed by atoms with E-state index in [4.69, 9.17) is 5.73 Å². The van der Waals surface area contributed by atoms with Crippen molar-refractivity contribution >= 4 is 17.8 Å². The molecule has 0 fully saturated rings. The lowest BCUT2D eigenvalue weighted by Gasteiger charge is -2.28. The summed E-state index contributed by atoms with van der Waals surface area (Å²) in [5.41, 5.74) is 9.97. The number of nitrogens with two attached hydrogens (primary N) is 1. The number of carbonyl (C=O) groups excluding carboxylic acids is 2. The molecule has 0 aliphatic rings. The van der Waals surface area contributed by atoms with Gasteiger partial charge in [-0.1, -0.05) is 31.2 Å². The number of hydrogen-bond donors (Lipinski definition) is 3. The first-order chi connectivity index (χ1) is 19.0. The number of benzene rings is 2. The van der Waals surface area contributed by atoms with Crippen LogP contribution in [0.5, 0.6) is 0 Å². The molecule has 0 radical (unpaired) electrons. The molecule has 0 bridgehead atoms. The highest BCUT2D eigenvalue weighted by atomic mass is 19.1. The van der Waals surface area contributed by atoms with Gasteiger partial charge in [0.15, 0.2) is 0 Å². The Hall–Kier alpha value is -3.76. The van der Waals surface area contributed by atoms with E-state index in [0.717, 1.165) is 35.0 Å². The predicted molar refractivity (Wildman–Crippen MR) is 149 cm³/mol. The van der Waals surface area contributed by atoms with Gasteiger partial charge in [0.05, 0.1) is 6.10 Å². The van der Waals surface area contributed by atoms with Crippen molar-refractivity contribution < 1.29 is 23.5 Å². The molecule has 0 aliphatic heterocycles. The predicted octanol–water partition coefficient (Wildman–Crippen LogP) is 4.00. The molecule has 214 valence electrons. The Labute approximate surface area is 233 Å². The van der Waals surface area contributed by atoms with E-state index >= 15 is 0 Å². The number of aryl methyl sites for hydroxylation is 3. The Bertz CT molecular complexity index is 1280. The molecule has 1 aromatic heterocycles. The minimum Gasteiger partial charge on any atom is -0.390 e. The van der Waals surface area contributed by atoms with E-state index in [2.05, 4.69) is 15.3 Å². The number of nitrogens with one attached hydrogen (secondary N) is 1. The highest BCUT2D eigenvalue weighted by Crippen LogP contribution is 2.15. The Kier molecular flexibility index (Phi) is 11.2. The lowest BCUT2D eigenvalue weighted by Crippen LogP contribution is -2.46. The number of hydrogen-bond acceptors (Lipinski definition) is 6. The normalized spacial score (nSPS) is 12.6. The van der Waals surface area contributed by atoms with E-state index in [1.165, 1.54) is 17.0 Å². The van der Waals surface area contributed by atoms with Gasteiger partial charge in [-0.3, -0.25) is 14.9 Å². The first-order valence-electron chi connectivity index (χ1n) is 13.4. The van der Waals surface area contributed by atoms with E-state index in [1.54, 1.807) is 6.07 Å². The summed E-state index contributed by atoms with van der Waals surface area (Å²) in [7, 11) is 0. The lowest BCUT2D eigenvalue weighted by atomic mass is 10.0. The van der Waals surface area contributed by atoms with Crippen LogP contribution in [-0.2, 0) is 29.0 Å². The van der Waals surface area contributed by atoms with Gasteiger partial charge in [0.25, 0.3) is 0 Å². The van der Waals surface area contributed by atoms with Gasteiger partial charge in [-0.25, -0.2) is 18.7 Å². The van der Waals surface area contributed by atoms with Crippen LogP contribution in [0, 0.1) is 25.5 Å². The zero-order valence-corrected chi connectivity index (χ0v) is 23.2. The summed E-state index contributed by atoms with van der Waals surface area (Å²) < 4.78 is 27.2. The molecule has 2 atom stereocenters. The average molecular weight is 554 g/mol. The third kappa shape index (κ3) is 9.77. The largest absolute Gasteiger partial charge is 0.390 e. The molecule has 10 heteroatoms. The summed E-state index contributed by atoms with van der Waals surface area (Å²) in [6.45, 7) is 5.83. The molecule has 8 nitrogen and oxygen atoms in total. The third-order valence-corrected chi connectivity index (χ3v) is 6.45. The summed E-state index contributed by atoms with van der Waals surface area (Å²) in [5, 5.41) is 13.5. The molecule has 4 N–H and O–H groups in total. The van der Waals surface area contributed by atoms with Gasteiger partial charge in [-0.15, -0.1) is 0 Å². The van der Waals surface area contributed by atoms with E-state index in [1.807, 2.05) is 45.0 Å². The van der Waals surface area contributed by atoms with Gasteiger partial charge in [-0.2, -0.15) is 0 Å². The zero-order valence-electron chi connectivity index (χ0n) is 23.2. The van der Waals surface area contributed by atoms with Crippen LogP contribution in [0.3, 0.4) is 0 Å². The quantitative estimate of drug-likeness (QED) is 0.294. The Morgan fingerprint density at radius 1 is 0.975 bits per heavy atom. The van der Waals surface area contributed by atoms with Crippen LogP contribution in [0.4, 0.5) is 14.7 Å². The van der Waals surface area contributed by atoms with Crippen molar-refractivity contribution in [2.45, 2.75) is 71.6 Å². The molecule has 0 spiro atoms. The minimum atomic E-state index is -1.14. The van der Waals surface area contributed by atoms with Crippen LogP contribution in [0.25, 0.3) is 0 Å². The van der Waals surface area contributed by atoms with Crippen molar-refractivity contribution in [1.29, 1.82) is 0 Å². The van der Waals surface area contributed by atoms with E-state index in [9.17, 15) is 23.5 Å². The van der Waals surface area contributed by atoms with Gasteiger partial charge < -0.3 is 15.7 Å². The fourth-order valence-corrected chi connectivity index (χ4v) is 4.45. The highest BCUT2D eigenvalue weighted by molar-refractivity contribution is 5.89. The molecule has 40 heavy (non-hydrogen) atoms. The summed E-state index contributed by atoms with van der Waals surface area (Å²) in [4.78, 5) is 35.6. The number of aliphatic hydroxyl groups is 1. The number of halogens is 2. The molecule has 0 saturated heterocycles. The SMILES string of the molecule is CCc1cccc(CN(CC(O)C(N)Cc2cc(F)cc(F)c2)C(=O)CCCC(=O)Nc2nc(C)cc(C)n2)c1. The van der Waals surface area contributed by atoms with Gasteiger partial charge in [0, 0.05) is 49.4 Å². The second-order valence-corrected chi connectivity index (χ2v) is 10.0. The van der Waals surface area contributed by atoms with Crippen molar-refractivity contribution in [3.8, 4) is 0 Å². The Morgan fingerprint density at radius 3 is 2.27 bits per heavy atom. The molecule has 3 aromatic rings. The fourth-order valence-electron chi connectivity index (χ4n) is 4.45. The van der Waals surface area contributed by atoms with Crippen molar-refractivity contribution in [1.82, 2.24) is 14.9 Å². The smallest absolute Gasteiger partial charge is 0.229 e.